The Morgan fingerprint density at radius 3 is 0.920 bits per heavy atom. The predicted molar refractivity (Wildman–Crippen MR) is 452 cm³/mol. The summed E-state index contributed by atoms with van der Waals surface area (Å²) in [6.45, 7) is 1.79. The summed E-state index contributed by atoms with van der Waals surface area (Å²) in [7, 11) is 0. The lowest BCUT2D eigenvalue weighted by Gasteiger charge is -2.48. The average Bonchev–Trinajstić information content (AvgIpc) is 0.782. The Kier molecular flexibility index (Phi) is 67.5. The van der Waals surface area contributed by atoms with Gasteiger partial charge in [0.1, 0.15) is 73.2 Å². The highest BCUT2D eigenvalue weighted by Gasteiger charge is 2.54. The summed E-state index contributed by atoms with van der Waals surface area (Å²) in [5, 5.41) is 121. The quantitative estimate of drug-likeness (QED) is 0.0199. The van der Waals surface area contributed by atoms with E-state index in [4.69, 9.17) is 28.4 Å². The molecule has 0 aromatic rings. The van der Waals surface area contributed by atoms with E-state index < -0.39 is 124 Å². The Morgan fingerprint density at radius 2 is 0.589 bits per heavy atom. The zero-order chi connectivity index (χ0) is 81.0. The second-order valence-corrected chi connectivity index (χ2v) is 33.5. The van der Waals surface area contributed by atoms with Crippen molar-refractivity contribution in [2.45, 2.75) is 510 Å². The summed E-state index contributed by atoms with van der Waals surface area (Å²) in [5.74, 6) is -0.268. The molecule has 0 radical (unpaired) electrons. The van der Waals surface area contributed by atoms with Gasteiger partial charge in [-0.3, -0.25) is 4.79 Å². The van der Waals surface area contributed by atoms with Crippen molar-refractivity contribution < 1.29 is 89.4 Å². The molecule has 19 nitrogen and oxygen atoms in total. The Bertz CT molecular complexity index is 2200. The zero-order valence-electron chi connectivity index (χ0n) is 71.2. The maximum absolute atomic E-state index is 13.5. The van der Waals surface area contributed by atoms with Crippen LogP contribution < -0.4 is 5.32 Å². The van der Waals surface area contributed by atoms with Crippen molar-refractivity contribution in [3.05, 3.63) is 48.6 Å². The van der Waals surface area contributed by atoms with Crippen molar-refractivity contribution in [1.29, 1.82) is 0 Å². The Morgan fingerprint density at radius 1 is 0.321 bits per heavy atom. The van der Waals surface area contributed by atoms with Gasteiger partial charge in [-0.2, -0.15) is 0 Å². The standard InChI is InChI=1S/C93H173NO18/c1-3-5-7-9-11-13-15-17-19-21-23-25-27-29-31-33-35-37-38-39-41-43-45-47-49-51-53-55-57-59-61-63-65-67-69-71-81(99)94-76(77(98)70-68-66-64-62-60-58-56-54-52-50-48-46-44-42-40-36-34-32-30-28-26-24-22-20-18-16-14-12-10-8-6-4-2)75-107-91-87(105)84(102)89(79(73-96)109-91)112-93-88(106)85(103)90(80(74-97)110-93)111-92-86(104)83(101)82(100)78(72-95)108-92/h15,17,21,23,27,29,68,70,76-80,82-93,95-98,100-106H,3-14,16,18-20,22,24-26,28,30-67,69,71-75H2,1-2H3,(H,94,99)/b17-15-,23-21-,29-27-,70-68+. The van der Waals surface area contributed by atoms with Crippen molar-refractivity contribution in [2.24, 2.45) is 0 Å². The van der Waals surface area contributed by atoms with Gasteiger partial charge in [-0.25, -0.2) is 0 Å². The fourth-order valence-electron chi connectivity index (χ4n) is 15.9. The third-order valence-electron chi connectivity index (χ3n) is 23.4. The molecule has 3 heterocycles. The molecule has 12 N–H and O–H groups in total. The van der Waals surface area contributed by atoms with E-state index in [1.165, 1.54) is 321 Å². The van der Waals surface area contributed by atoms with Gasteiger partial charge in [-0.15, -0.1) is 0 Å². The molecular formula is C93H173NO18. The highest BCUT2D eigenvalue weighted by Crippen LogP contribution is 2.34. The van der Waals surface area contributed by atoms with Gasteiger partial charge in [-0.05, 0) is 57.8 Å². The summed E-state index contributed by atoms with van der Waals surface area (Å²) in [4.78, 5) is 13.5. The van der Waals surface area contributed by atoms with Crippen LogP contribution in [0.15, 0.2) is 48.6 Å². The molecule has 17 unspecified atom stereocenters. The number of aliphatic hydroxyl groups is 11. The van der Waals surface area contributed by atoms with Crippen LogP contribution in [0.25, 0.3) is 0 Å². The molecule has 1 amide bonds. The van der Waals surface area contributed by atoms with Crippen molar-refractivity contribution in [1.82, 2.24) is 5.32 Å². The molecule has 3 saturated heterocycles. The maximum Gasteiger partial charge on any atom is 0.220 e. The molecule has 0 aliphatic carbocycles. The first-order valence-corrected chi connectivity index (χ1v) is 46.9. The van der Waals surface area contributed by atoms with E-state index in [2.05, 4.69) is 55.6 Å². The highest BCUT2D eigenvalue weighted by molar-refractivity contribution is 5.76. The molecule has 17 atom stereocenters. The minimum absolute atomic E-state index is 0.246. The Labute approximate surface area is 682 Å². The van der Waals surface area contributed by atoms with Crippen LogP contribution in [0.5, 0.6) is 0 Å². The normalized spacial score (nSPS) is 25.1. The number of hydrogen-bond acceptors (Lipinski definition) is 18. The second-order valence-electron chi connectivity index (χ2n) is 33.5. The number of rotatable bonds is 77. The fraction of sp³-hybridized carbons (Fsp3) is 0.903. The zero-order valence-corrected chi connectivity index (χ0v) is 71.2. The van der Waals surface area contributed by atoms with E-state index in [0.717, 1.165) is 57.8 Å². The minimum Gasteiger partial charge on any atom is -0.394 e. The number of nitrogens with one attached hydrogen (secondary N) is 1. The van der Waals surface area contributed by atoms with Crippen LogP contribution in [0.1, 0.15) is 406 Å². The van der Waals surface area contributed by atoms with E-state index >= 15 is 0 Å². The molecule has 0 spiro atoms. The van der Waals surface area contributed by atoms with Crippen LogP contribution in [0.2, 0.25) is 0 Å². The second kappa shape index (κ2) is 72.7. The van der Waals surface area contributed by atoms with Crippen LogP contribution in [-0.2, 0) is 33.2 Å². The van der Waals surface area contributed by atoms with Crippen LogP contribution in [0.3, 0.4) is 0 Å². The maximum atomic E-state index is 13.5. The number of carbonyl (C=O) groups is 1. The summed E-state index contributed by atoms with van der Waals surface area (Å²) in [5.41, 5.74) is 0. The number of aliphatic hydroxyl groups excluding tert-OH is 11. The van der Waals surface area contributed by atoms with Crippen molar-refractivity contribution in [3.8, 4) is 0 Å². The van der Waals surface area contributed by atoms with Crippen molar-refractivity contribution >= 4 is 5.91 Å². The SMILES string of the molecule is CCCCCCC/C=C\C/C=C\C/C=C\CCCCCCCCCCCCCCCCCCCCCCC(=O)NC(COC1OC(CO)C(OC2OC(CO)C(OC3OC(CO)C(O)C(O)C3O)C(O)C2O)C(O)C1O)C(O)/C=C/CCCCCCCCCCCCCCCCCCCCCCCCCCCCCCCC. The molecule has 112 heavy (non-hydrogen) atoms. The molecule has 0 bridgehead atoms. The van der Waals surface area contributed by atoms with E-state index in [1.54, 1.807) is 6.08 Å². The van der Waals surface area contributed by atoms with Gasteiger partial charge in [0.15, 0.2) is 18.9 Å². The van der Waals surface area contributed by atoms with Crippen molar-refractivity contribution in [3.63, 3.8) is 0 Å². The predicted octanol–water partition coefficient (Wildman–Crippen LogP) is 18.4. The van der Waals surface area contributed by atoms with Gasteiger partial charge in [0.05, 0.1) is 38.6 Å². The van der Waals surface area contributed by atoms with Crippen molar-refractivity contribution in [2.75, 3.05) is 26.4 Å². The third-order valence-corrected chi connectivity index (χ3v) is 23.4. The molecule has 0 aromatic heterocycles. The molecule has 19 heteroatoms. The highest BCUT2D eigenvalue weighted by atomic mass is 16.8. The number of unbranched alkanes of at least 4 members (excludes halogenated alkanes) is 55. The lowest BCUT2D eigenvalue weighted by Crippen LogP contribution is -2.66. The fourth-order valence-corrected chi connectivity index (χ4v) is 15.9. The molecule has 3 fully saturated rings. The van der Waals surface area contributed by atoms with Gasteiger partial charge in [-0.1, -0.05) is 390 Å². The van der Waals surface area contributed by atoms with Crippen LogP contribution >= 0.6 is 0 Å². The molecule has 0 saturated carbocycles. The molecule has 658 valence electrons. The summed E-state index contributed by atoms with van der Waals surface area (Å²) >= 11 is 0. The third kappa shape index (κ3) is 50.6. The summed E-state index contributed by atoms with van der Waals surface area (Å²) < 4.78 is 34.6. The smallest absolute Gasteiger partial charge is 0.220 e. The average molecular weight is 1590 g/mol. The monoisotopic (exact) mass is 1590 g/mol. The van der Waals surface area contributed by atoms with Gasteiger partial charge < -0.3 is 89.9 Å². The first kappa shape index (κ1) is 104. The van der Waals surface area contributed by atoms with Crippen LogP contribution in [-0.4, -0.2) is 193 Å². The molecule has 3 aliphatic rings. The first-order chi connectivity index (χ1) is 54.8. The summed E-state index contributed by atoms with van der Waals surface area (Å²) in [6.07, 6.45) is 68.4. The van der Waals surface area contributed by atoms with Gasteiger partial charge in [0.25, 0.3) is 0 Å². The summed E-state index contributed by atoms with van der Waals surface area (Å²) in [6, 6.07) is -0.975. The van der Waals surface area contributed by atoms with E-state index in [-0.39, 0.29) is 18.9 Å². The number of amides is 1. The van der Waals surface area contributed by atoms with E-state index in [1.807, 2.05) is 6.08 Å². The topological polar surface area (TPSA) is 307 Å². The van der Waals surface area contributed by atoms with Gasteiger partial charge >= 0.3 is 0 Å². The number of hydrogen-bond donors (Lipinski definition) is 12. The van der Waals surface area contributed by atoms with Gasteiger partial charge in [0, 0.05) is 6.42 Å². The number of ether oxygens (including phenoxy) is 6. The molecular weight excluding hydrogens is 1420 g/mol. The Hall–Kier alpha value is -2.25. The lowest BCUT2D eigenvalue weighted by molar-refractivity contribution is -0.379. The van der Waals surface area contributed by atoms with E-state index in [0.29, 0.717) is 6.42 Å². The molecule has 3 aliphatic heterocycles. The number of carbonyl (C=O) groups excluding carboxylic acids is 1. The van der Waals surface area contributed by atoms with Crippen LogP contribution in [0.4, 0.5) is 0 Å². The molecule has 0 aromatic carbocycles. The Balaban J connectivity index is 1.31. The lowest BCUT2D eigenvalue weighted by atomic mass is 9.96. The largest absolute Gasteiger partial charge is 0.394 e. The first-order valence-electron chi connectivity index (χ1n) is 46.9. The number of allylic oxidation sites excluding steroid dienone is 7. The molecule has 3 rings (SSSR count). The van der Waals surface area contributed by atoms with Crippen LogP contribution in [0, 0.1) is 0 Å². The minimum atomic E-state index is -1.98. The van der Waals surface area contributed by atoms with E-state index in [9.17, 15) is 61.0 Å². The van der Waals surface area contributed by atoms with Gasteiger partial charge in [0.2, 0.25) is 5.91 Å².